The number of hydrogen-bond donors (Lipinski definition) is 1. The number of hydrogen-bond acceptors (Lipinski definition) is 10. The zero-order valence-electron chi connectivity index (χ0n) is 16.3. The maximum absolute atomic E-state index is 11.7. The van der Waals surface area contributed by atoms with Crippen LogP contribution in [-0.2, 0) is 30.5 Å². The number of carbonyl (C=O) groups is 3. The van der Waals surface area contributed by atoms with Gasteiger partial charge in [-0.05, 0) is 31.2 Å². The Kier molecular flexibility index (Phi) is 8.10. The molecule has 11 heteroatoms. The largest absolute Gasteiger partial charge is 0.463 e. The highest BCUT2D eigenvalue weighted by molar-refractivity contribution is 5.90. The quantitative estimate of drug-likeness (QED) is 0.352. The Bertz CT molecular complexity index is 848. The van der Waals surface area contributed by atoms with Gasteiger partial charge >= 0.3 is 17.9 Å². The first-order chi connectivity index (χ1) is 13.9. The lowest BCUT2D eigenvalue weighted by atomic mass is 10.2. The van der Waals surface area contributed by atoms with E-state index in [0.717, 1.165) is 0 Å². The number of nitrogens with one attached hydrogen (secondary N) is 1. The molecule has 11 nitrogen and oxygen atoms in total. The third-order valence-corrected chi connectivity index (χ3v) is 3.44. The Morgan fingerprint density at radius 3 is 2.41 bits per heavy atom. The number of benzene rings is 1. The second-order valence-corrected chi connectivity index (χ2v) is 5.55. The van der Waals surface area contributed by atoms with Crippen LogP contribution in [0.5, 0.6) is 0 Å². The van der Waals surface area contributed by atoms with Crippen molar-refractivity contribution in [1.82, 2.24) is 14.8 Å². The van der Waals surface area contributed by atoms with Gasteiger partial charge < -0.3 is 24.3 Å². The van der Waals surface area contributed by atoms with Crippen molar-refractivity contribution in [1.29, 1.82) is 0 Å². The zero-order chi connectivity index (χ0) is 21.2. The summed E-state index contributed by atoms with van der Waals surface area (Å²) in [5.41, 5.74) is 1.01. The molecule has 0 saturated carbocycles. The van der Waals surface area contributed by atoms with E-state index in [1.54, 1.807) is 31.2 Å². The number of aromatic nitrogens is 3. The Balaban J connectivity index is 2.08. The first-order valence-corrected chi connectivity index (χ1v) is 8.73. The van der Waals surface area contributed by atoms with Crippen LogP contribution in [0.4, 0.5) is 11.6 Å². The number of methoxy groups -OCH3 is 1. The molecule has 2 aromatic rings. The van der Waals surface area contributed by atoms with E-state index in [4.69, 9.17) is 14.2 Å². The molecule has 1 aromatic heterocycles. The van der Waals surface area contributed by atoms with Crippen molar-refractivity contribution in [2.24, 2.45) is 0 Å². The van der Waals surface area contributed by atoms with Crippen LogP contribution in [0.3, 0.4) is 0 Å². The molecule has 1 heterocycles. The van der Waals surface area contributed by atoms with Crippen LogP contribution in [0.2, 0.25) is 0 Å². The van der Waals surface area contributed by atoms with E-state index in [0.29, 0.717) is 11.3 Å². The second kappa shape index (κ2) is 10.8. The number of rotatable bonds is 10. The second-order valence-electron chi connectivity index (χ2n) is 5.55. The molecule has 0 bridgehead atoms. The van der Waals surface area contributed by atoms with Crippen LogP contribution < -0.4 is 5.32 Å². The lowest BCUT2D eigenvalue weighted by Crippen LogP contribution is -2.13. The summed E-state index contributed by atoms with van der Waals surface area (Å²) in [6.07, 6.45) is 0. The number of anilines is 2. The van der Waals surface area contributed by atoms with Gasteiger partial charge in [-0.3, -0.25) is 4.79 Å². The summed E-state index contributed by atoms with van der Waals surface area (Å²) in [5.74, 6) is -1.46. The van der Waals surface area contributed by atoms with E-state index in [2.05, 4.69) is 20.1 Å². The lowest BCUT2D eigenvalue weighted by Gasteiger charge is -2.09. The lowest BCUT2D eigenvalue weighted by molar-refractivity contribution is -0.142. The van der Waals surface area contributed by atoms with Gasteiger partial charge in [0.15, 0.2) is 0 Å². The molecular formula is C18H22N4O7. The molecule has 0 aliphatic rings. The van der Waals surface area contributed by atoms with Crippen LogP contribution >= 0.6 is 0 Å². The molecule has 0 unspecified atom stereocenters. The van der Waals surface area contributed by atoms with Crippen molar-refractivity contribution >= 4 is 29.5 Å². The van der Waals surface area contributed by atoms with E-state index < -0.39 is 17.9 Å². The highest BCUT2D eigenvalue weighted by atomic mass is 16.6. The van der Waals surface area contributed by atoms with Gasteiger partial charge in [0.2, 0.25) is 5.95 Å². The molecule has 29 heavy (non-hydrogen) atoms. The standard InChI is InChI=1S/C18H22N4O7/c1-4-28-16(24)13-5-7-14(8-6-13)19-18-20-15(17(25)26-3)21-22(18)11-27-9-10-29-12(2)23/h5-8H,4,9-11H2,1-3H3,(H,19,20,21). The molecular weight excluding hydrogens is 384 g/mol. The Morgan fingerprint density at radius 1 is 1.07 bits per heavy atom. The van der Waals surface area contributed by atoms with Crippen LogP contribution in [0.15, 0.2) is 24.3 Å². The summed E-state index contributed by atoms with van der Waals surface area (Å²) in [5, 5.41) is 7.03. The number of nitrogens with zero attached hydrogens (tertiary/aromatic N) is 3. The van der Waals surface area contributed by atoms with Crippen molar-refractivity contribution < 1.29 is 33.3 Å². The topological polar surface area (TPSA) is 131 Å². The predicted molar refractivity (Wildman–Crippen MR) is 99.6 cm³/mol. The van der Waals surface area contributed by atoms with E-state index in [9.17, 15) is 14.4 Å². The van der Waals surface area contributed by atoms with Crippen LogP contribution in [0.25, 0.3) is 0 Å². The van der Waals surface area contributed by atoms with Gasteiger partial charge in [0.1, 0.15) is 13.3 Å². The van der Waals surface area contributed by atoms with Gasteiger partial charge in [-0.15, -0.1) is 5.10 Å². The number of ether oxygens (including phenoxy) is 4. The number of esters is 3. The Hall–Kier alpha value is -3.47. The molecule has 0 aliphatic carbocycles. The molecule has 156 valence electrons. The van der Waals surface area contributed by atoms with Crippen molar-refractivity contribution in [3.05, 3.63) is 35.7 Å². The van der Waals surface area contributed by atoms with E-state index >= 15 is 0 Å². The monoisotopic (exact) mass is 406 g/mol. The fourth-order valence-electron chi connectivity index (χ4n) is 2.13. The molecule has 0 fully saturated rings. The highest BCUT2D eigenvalue weighted by Gasteiger charge is 2.17. The van der Waals surface area contributed by atoms with Gasteiger partial charge in [0, 0.05) is 12.6 Å². The molecule has 0 amide bonds. The van der Waals surface area contributed by atoms with E-state index in [-0.39, 0.29) is 38.3 Å². The van der Waals surface area contributed by atoms with Crippen molar-refractivity contribution in [3.63, 3.8) is 0 Å². The molecule has 2 rings (SSSR count). The first kappa shape index (κ1) is 21.8. The van der Waals surface area contributed by atoms with Crippen molar-refractivity contribution in [2.75, 3.05) is 32.2 Å². The van der Waals surface area contributed by atoms with Crippen LogP contribution in [0, 0.1) is 0 Å². The molecule has 1 aromatic carbocycles. The Labute approximate surface area is 166 Å². The summed E-state index contributed by atoms with van der Waals surface area (Å²) >= 11 is 0. The Morgan fingerprint density at radius 2 is 1.79 bits per heavy atom. The highest BCUT2D eigenvalue weighted by Crippen LogP contribution is 2.17. The normalized spacial score (nSPS) is 10.3. The molecule has 0 atom stereocenters. The summed E-state index contributed by atoms with van der Waals surface area (Å²) in [7, 11) is 1.22. The minimum Gasteiger partial charge on any atom is -0.463 e. The van der Waals surface area contributed by atoms with E-state index in [1.165, 1.54) is 18.7 Å². The fourth-order valence-corrected chi connectivity index (χ4v) is 2.13. The third-order valence-electron chi connectivity index (χ3n) is 3.44. The van der Waals surface area contributed by atoms with Gasteiger partial charge in [-0.25, -0.2) is 14.3 Å². The molecule has 0 aliphatic heterocycles. The van der Waals surface area contributed by atoms with Crippen molar-refractivity contribution in [3.8, 4) is 0 Å². The third kappa shape index (κ3) is 6.57. The maximum Gasteiger partial charge on any atom is 0.378 e. The minimum absolute atomic E-state index is 0.0471. The number of carbonyl (C=O) groups excluding carboxylic acids is 3. The van der Waals surface area contributed by atoms with Crippen molar-refractivity contribution in [2.45, 2.75) is 20.6 Å². The van der Waals surface area contributed by atoms with Crippen LogP contribution in [-0.4, -0.2) is 59.6 Å². The average molecular weight is 406 g/mol. The summed E-state index contributed by atoms with van der Waals surface area (Å²) in [6.45, 7) is 3.50. The van der Waals surface area contributed by atoms with Crippen LogP contribution in [0.1, 0.15) is 34.8 Å². The van der Waals surface area contributed by atoms with Gasteiger partial charge in [-0.1, -0.05) is 0 Å². The summed E-state index contributed by atoms with van der Waals surface area (Å²) in [6, 6.07) is 6.50. The average Bonchev–Trinajstić information content (AvgIpc) is 3.10. The van der Waals surface area contributed by atoms with Gasteiger partial charge in [-0.2, -0.15) is 4.98 Å². The summed E-state index contributed by atoms with van der Waals surface area (Å²) < 4.78 is 21.1. The summed E-state index contributed by atoms with van der Waals surface area (Å²) in [4.78, 5) is 38.3. The SMILES string of the molecule is CCOC(=O)c1ccc(Nc2nc(C(=O)OC)nn2COCCOC(C)=O)cc1. The predicted octanol–water partition coefficient (Wildman–Crippen LogP) is 1.52. The minimum atomic E-state index is -0.704. The fraction of sp³-hybridized carbons (Fsp3) is 0.389. The molecule has 0 spiro atoms. The van der Waals surface area contributed by atoms with Gasteiger partial charge in [0.25, 0.3) is 5.82 Å². The van der Waals surface area contributed by atoms with Gasteiger partial charge in [0.05, 0.1) is 25.9 Å². The molecule has 0 radical (unpaired) electrons. The molecule has 0 saturated heterocycles. The zero-order valence-corrected chi connectivity index (χ0v) is 16.3. The molecule has 1 N–H and O–H groups in total. The maximum atomic E-state index is 11.7. The van der Waals surface area contributed by atoms with E-state index in [1.807, 2.05) is 0 Å². The first-order valence-electron chi connectivity index (χ1n) is 8.73. The smallest absolute Gasteiger partial charge is 0.378 e.